The zero-order valence-corrected chi connectivity index (χ0v) is 19.6. The average molecular weight is 460 g/mol. The van der Waals surface area contributed by atoms with Gasteiger partial charge in [0, 0.05) is 18.0 Å². The van der Waals surface area contributed by atoms with Crippen LogP contribution in [0.1, 0.15) is 50.8 Å². The highest BCUT2D eigenvalue weighted by atomic mass is 19.1. The van der Waals surface area contributed by atoms with Crippen LogP contribution in [0.2, 0.25) is 0 Å². The first-order valence-electron chi connectivity index (χ1n) is 11.2. The zero-order chi connectivity index (χ0) is 24.6. The third kappa shape index (κ3) is 4.07. The lowest BCUT2D eigenvalue weighted by Crippen LogP contribution is -2.18. The molecular formula is C28H26FNO4. The smallest absolute Gasteiger partial charge is 0.335 e. The van der Waals surface area contributed by atoms with E-state index in [2.05, 4.69) is 12.2 Å². The largest absolute Gasteiger partial charge is 0.478 e. The molecule has 0 radical (unpaired) electrons. The number of hydrogen-bond donors (Lipinski definition) is 2. The molecule has 0 unspecified atom stereocenters. The third-order valence-corrected chi connectivity index (χ3v) is 6.09. The van der Waals surface area contributed by atoms with Crippen molar-refractivity contribution in [3.8, 4) is 22.5 Å². The standard InChI is InChI=1S/C28H26FNO4/c1-5-6-18-12-24-23(14-22(18)20-13-21(28(32)33)16(3)11-15(20)2)25(27(31)30-4)26(34-24)17-7-9-19(29)10-8-17/h7-14H,5-6H2,1-4H3,(H,30,31)(H,32,33). The van der Waals surface area contributed by atoms with Crippen LogP contribution in [-0.4, -0.2) is 24.0 Å². The van der Waals surface area contributed by atoms with Crippen molar-refractivity contribution in [2.45, 2.75) is 33.6 Å². The van der Waals surface area contributed by atoms with Crippen LogP contribution in [0, 0.1) is 19.7 Å². The highest BCUT2D eigenvalue weighted by molar-refractivity contribution is 6.12. The van der Waals surface area contributed by atoms with Gasteiger partial charge in [-0.05, 0) is 90.6 Å². The highest BCUT2D eigenvalue weighted by Crippen LogP contribution is 2.39. The van der Waals surface area contributed by atoms with E-state index in [9.17, 15) is 19.1 Å². The van der Waals surface area contributed by atoms with Gasteiger partial charge in [0.25, 0.3) is 5.91 Å². The molecule has 1 amide bonds. The summed E-state index contributed by atoms with van der Waals surface area (Å²) in [6, 6.07) is 13.2. The van der Waals surface area contributed by atoms with Crippen LogP contribution in [0.5, 0.6) is 0 Å². The maximum atomic E-state index is 13.5. The first-order chi connectivity index (χ1) is 16.2. The molecule has 0 aliphatic heterocycles. The summed E-state index contributed by atoms with van der Waals surface area (Å²) in [7, 11) is 1.55. The molecule has 34 heavy (non-hydrogen) atoms. The Hall–Kier alpha value is -3.93. The lowest BCUT2D eigenvalue weighted by molar-refractivity contribution is 0.0696. The maximum absolute atomic E-state index is 13.5. The fraction of sp³-hybridized carbons (Fsp3) is 0.214. The van der Waals surface area contributed by atoms with E-state index in [-0.39, 0.29) is 17.3 Å². The van der Waals surface area contributed by atoms with Gasteiger partial charge < -0.3 is 14.8 Å². The number of aryl methyl sites for hydroxylation is 3. The molecule has 3 aromatic carbocycles. The Bertz CT molecular complexity index is 1420. The zero-order valence-electron chi connectivity index (χ0n) is 19.6. The van der Waals surface area contributed by atoms with Crippen molar-refractivity contribution in [3.63, 3.8) is 0 Å². The third-order valence-electron chi connectivity index (χ3n) is 6.09. The van der Waals surface area contributed by atoms with Crippen molar-refractivity contribution in [1.29, 1.82) is 0 Å². The molecule has 0 saturated carbocycles. The van der Waals surface area contributed by atoms with E-state index in [0.717, 1.165) is 35.1 Å². The summed E-state index contributed by atoms with van der Waals surface area (Å²) in [5.41, 5.74) is 6.06. The van der Waals surface area contributed by atoms with E-state index in [1.165, 1.54) is 12.1 Å². The summed E-state index contributed by atoms with van der Waals surface area (Å²) in [5, 5.41) is 13.0. The predicted octanol–water partition coefficient (Wildman–Crippen LogP) is 6.53. The summed E-state index contributed by atoms with van der Waals surface area (Å²) in [5.74, 6) is -1.32. The molecule has 0 aliphatic carbocycles. The van der Waals surface area contributed by atoms with Gasteiger partial charge in [-0.1, -0.05) is 19.4 Å². The van der Waals surface area contributed by atoms with Gasteiger partial charge in [0.05, 0.1) is 11.1 Å². The van der Waals surface area contributed by atoms with Crippen molar-refractivity contribution >= 4 is 22.8 Å². The van der Waals surface area contributed by atoms with Crippen LogP contribution in [0.15, 0.2) is 52.9 Å². The number of furan rings is 1. The van der Waals surface area contributed by atoms with Crippen LogP contribution in [0.4, 0.5) is 4.39 Å². The maximum Gasteiger partial charge on any atom is 0.335 e. The highest BCUT2D eigenvalue weighted by Gasteiger charge is 2.24. The fourth-order valence-corrected chi connectivity index (χ4v) is 4.44. The number of carbonyl (C=O) groups excluding carboxylic acids is 1. The molecule has 1 aromatic heterocycles. The van der Waals surface area contributed by atoms with Gasteiger partial charge in [-0.2, -0.15) is 0 Å². The molecule has 4 aromatic rings. The normalized spacial score (nSPS) is 11.1. The van der Waals surface area contributed by atoms with Crippen molar-refractivity contribution in [3.05, 3.63) is 82.2 Å². The van der Waals surface area contributed by atoms with Gasteiger partial charge in [-0.25, -0.2) is 9.18 Å². The van der Waals surface area contributed by atoms with Crippen LogP contribution < -0.4 is 5.32 Å². The molecule has 0 fully saturated rings. The van der Waals surface area contributed by atoms with Gasteiger partial charge in [-0.3, -0.25) is 4.79 Å². The summed E-state index contributed by atoms with van der Waals surface area (Å²) in [6.45, 7) is 5.80. The molecule has 4 rings (SSSR count). The molecule has 0 saturated heterocycles. The Morgan fingerprint density at radius 1 is 1.00 bits per heavy atom. The van der Waals surface area contributed by atoms with E-state index >= 15 is 0 Å². The lowest BCUT2D eigenvalue weighted by atomic mass is 9.89. The minimum absolute atomic E-state index is 0.244. The number of hydrogen-bond acceptors (Lipinski definition) is 3. The molecule has 174 valence electrons. The SMILES string of the molecule is CCCc1cc2oc(-c3ccc(F)cc3)c(C(=O)NC)c2cc1-c1cc(C(=O)O)c(C)cc1C. The molecule has 1 heterocycles. The van der Waals surface area contributed by atoms with Gasteiger partial charge in [0.15, 0.2) is 0 Å². The van der Waals surface area contributed by atoms with Crippen LogP contribution in [0.3, 0.4) is 0 Å². The number of rotatable bonds is 6. The van der Waals surface area contributed by atoms with E-state index in [1.807, 2.05) is 25.1 Å². The van der Waals surface area contributed by atoms with Gasteiger partial charge in [0.2, 0.25) is 0 Å². The summed E-state index contributed by atoms with van der Waals surface area (Å²) < 4.78 is 19.7. The Morgan fingerprint density at radius 2 is 1.71 bits per heavy atom. The molecule has 5 nitrogen and oxygen atoms in total. The second-order valence-electron chi connectivity index (χ2n) is 8.43. The first kappa shape index (κ1) is 23.2. The summed E-state index contributed by atoms with van der Waals surface area (Å²) in [6.07, 6.45) is 1.63. The summed E-state index contributed by atoms with van der Waals surface area (Å²) in [4.78, 5) is 24.8. The van der Waals surface area contributed by atoms with Crippen molar-refractivity contribution < 1.29 is 23.5 Å². The van der Waals surface area contributed by atoms with Crippen molar-refractivity contribution in [2.75, 3.05) is 7.05 Å². The number of carboxylic acid groups (broad SMARTS) is 1. The second-order valence-corrected chi connectivity index (χ2v) is 8.43. The molecule has 2 N–H and O–H groups in total. The Kier molecular flexibility index (Phi) is 6.24. The number of amides is 1. The number of benzene rings is 3. The minimum Gasteiger partial charge on any atom is -0.478 e. The fourth-order valence-electron chi connectivity index (χ4n) is 4.44. The Labute approximate surface area is 197 Å². The first-order valence-corrected chi connectivity index (χ1v) is 11.2. The number of aromatic carboxylic acids is 1. The predicted molar refractivity (Wildman–Crippen MR) is 131 cm³/mol. The lowest BCUT2D eigenvalue weighted by Gasteiger charge is -2.15. The van der Waals surface area contributed by atoms with Gasteiger partial charge in [0.1, 0.15) is 17.2 Å². The average Bonchev–Trinajstić information content (AvgIpc) is 3.17. The van der Waals surface area contributed by atoms with Crippen LogP contribution >= 0.6 is 0 Å². The van der Waals surface area contributed by atoms with E-state index in [0.29, 0.717) is 33.4 Å². The Balaban J connectivity index is 2.05. The van der Waals surface area contributed by atoms with E-state index in [1.54, 1.807) is 32.2 Å². The van der Waals surface area contributed by atoms with Crippen LogP contribution in [0.25, 0.3) is 33.4 Å². The van der Waals surface area contributed by atoms with E-state index in [4.69, 9.17) is 4.42 Å². The van der Waals surface area contributed by atoms with E-state index < -0.39 is 5.97 Å². The molecule has 0 aliphatic rings. The second kappa shape index (κ2) is 9.14. The number of carboxylic acids is 1. The van der Waals surface area contributed by atoms with Crippen molar-refractivity contribution in [1.82, 2.24) is 5.32 Å². The number of halogens is 1. The van der Waals surface area contributed by atoms with Gasteiger partial charge >= 0.3 is 5.97 Å². The number of carbonyl (C=O) groups is 2. The monoisotopic (exact) mass is 459 g/mol. The summed E-state index contributed by atoms with van der Waals surface area (Å²) >= 11 is 0. The molecule has 0 spiro atoms. The van der Waals surface area contributed by atoms with Gasteiger partial charge in [-0.15, -0.1) is 0 Å². The quantitative estimate of drug-likeness (QED) is 0.343. The molecule has 0 bridgehead atoms. The molecular weight excluding hydrogens is 433 g/mol. The molecule has 0 atom stereocenters. The van der Waals surface area contributed by atoms with Crippen molar-refractivity contribution in [2.24, 2.45) is 0 Å². The minimum atomic E-state index is -0.982. The number of nitrogens with one attached hydrogen (secondary N) is 1. The number of fused-ring (bicyclic) bond motifs is 1. The molecule has 6 heteroatoms. The Morgan fingerprint density at radius 3 is 2.32 bits per heavy atom. The van der Waals surface area contributed by atoms with Crippen LogP contribution in [-0.2, 0) is 6.42 Å². The topological polar surface area (TPSA) is 79.5 Å².